The third kappa shape index (κ3) is 4.29. The Balaban J connectivity index is 1.69. The molecule has 1 aliphatic heterocycles. The number of sulfonamides is 1. The summed E-state index contributed by atoms with van der Waals surface area (Å²) in [6, 6.07) is 11.0. The van der Waals surface area contributed by atoms with Crippen LogP contribution in [0.25, 0.3) is 0 Å². The van der Waals surface area contributed by atoms with E-state index in [4.69, 9.17) is 4.74 Å². The van der Waals surface area contributed by atoms with Crippen molar-refractivity contribution in [1.82, 2.24) is 4.72 Å². The first-order chi connectivity index (χ1) is 13.3. The van der Waals surface area contributed by atoms with Gasteiger partial charge in [0.1, 0.15) is 5.75 Å². The molecule has 2 aromatic carbocycles. The van der Waals surface area contributed by atoms with E-state index in [1.54, 1.807) is 24.3 Å². The summed E-state index contributed by atoms with van der Waals surface area (Å²) in [4.78, 5) is 23.8. The fraction of sp³-hybridized carbons (Fsp3) is 0.278. The Morgan fingerprint density at radius 1 is 1.18 bits per heavy atom. The van der Waals surface area contributed by atoms with Crippen LogP contribution >= 0.6 is 0 Å². The van der Waals surface area contributed by atoms with Crippen LogP contribution in [-0.4, -0.2) is 38.4 Å². The molecule has 2 aromatic rings. The van der Waals surface area contributed by atoms with Crippen LogP contribution in [0.3, 0.4) is 0 Å². The van der Waals surface area contributed by atoms with Crippen LogP contribution in [0.4, 0.5) is 11.4 Å². The zero-order valence-electron chi connectivity index (χ0n) is 15.1. The SMILES string of the molecule is CCOc1ccc(N2CC(NS(=O)(=O)c3ccc([N+](=O)[O-])cc3)CC2=O)cc1. The first-order valence-corrected chi connectivity index (χ1v) is 10.1. The molecule has 9 nitrogen and oxygen atoms in total. The summed E-state index contributed by atoms with van der Waals surface area (Å²) in [5, 5.41) is 10.7. The van der Waals surface area contributed by atoms with E-state index in [0.717, 1.165) is 12.1 Å². The van der Waals surface area contributed by atoms with Gasteiger partial charge in [-0.05, 0) is 43.3 Å². The van der Waals surface area contributed by atoms with Crippen molar-refractivity contribution >= 4 is 27.3 Å². The standard InChI is InChI=1S/C18H19N3O6S/c1-2-27-16-7-3-14(4-8-16)20-12-13(11-18(20)22)19-28(25,26)17-9-5-15(6-10-17)21(23)24/h3-10,13,19H,2,11-12H2,1H3. The van der Waals surface area contributed by atoms with E-state index in [-0.39, 0.29) is 29.5 Å². The minimum absolute atomic E-state index is 0.0272. The highest BCUT2D eigenvalue weighted by Gasteiger charge is 2.33. The Kier molecular flexibility index (Phi) is 5.61. The molecule has 1 saturated heterocycles. The Bertz CT molecular complexity index is 973. The molecular weight excluding hydrogens is 386 g/mol. The molecule has 0 aliphatic carbocycles. The summed E-state index contributed by atoms with van der Waals surface area (Å²) >= 11 is 0. The minimum atomic E-state index is -3.90. The summed E-state index contributed by atoms with van der Waals surface area (Å²) in [7, 11) is -3.90. The van der Waals surface area contributed by atoms with Gasteiger partial charge in [-0.2, -0.15) is 0 Å². The second-order valence-electron chi connectivity index (χ2n) is 6.20. The fourth-order valence-electron chi connectivity index (χ4n) is 2.96. The van der Waals surface area contributed by atoms with Crippen molar-refractivity contribution in [2.75, 3.05) is 18.1 Å². The predicted molar refractivity (Wildman–Crippen MR) is 102 cm³/mol. The molecule has 1 unspecified atom stereocenters. The Morgan fingerprint density at radius 3 is 2.39 bits per heavy atom. The first-order valence-electron chi connectivity index (χ1n) is 8.60. The molecule has 1 fully saturated rings. The minimum Gasteiger partial charge on any atom is -0.494 e. The number of nitro groups is 1. The van der Waals surface area contributed by atoms with E-state index >= 15 is 0 Å². The second-order valence-corrected chi connectivity index (χ2v) is 7.92. The Morgan fingerprint density at radius 2 is 1.82 bits per heavy atom. The largest absolute Gasteiger partial charge is 0.494 e. The zero-order chi connectivity index (χ0) is 20.3. The van der Waals surface area contributed by atoms with Crippen LogP contribution < -0.4 is 14.4 Å². The van der Waals surface area contributed by atoms with E-state index in [0.29, 0.717) is 18.0 Å². The van der Waals surface area contributed by atoms with Gasteiger partial charge in [-0.3, -0.25) is 14.9 Å². The number of nitrogens with one attached hydrogen (secondary N) is 1. The predicted octanol–water partition coefficient (Wildman–Crippen LogP) is 2.08. The van der Waals surface area contributed by atoms with E-state index in [1.807, 2.05) is 6.92 Å². The van der Waals surface area contributed by atoms with Crippen LogP contribution in [-0.2, 0) is 14.8 Å². The molecule has 1 atom stereocenters. The number of benzene rings is 2. The third-order valence-corrected chi connectivity index (χ3v) is 5.80. The molecule has 28 heavy (non-hydrogen) atoms. The molecule has 1 aliphatic rings. The highest BCUT2D eigenvalue weighted by molar-refractivity contribution is 7.89. The van der Waals surface area contributed by atoms with Crippen LogP contribution in [0.1, 0.15) is 13.3 Å². The lowest BCUT2D eigenvalue weighted by atomic mass is 10.3. The van der Waals surface area contributed by atoms with Crippen molar-refractivity contribution in [3.05, 3.63) is 58.6 Å². The molecule has 0 bridgehead atoms. The van der Waals surface area contributed by atoms with E-state index in [1.165, 1.54) is 17.0 Å². The van der Waals surface area contributed by atoms with Gasteiger partial charge in [0, 0.05) is 36.8 Å². The molecular formula is C18H19N3O6S. The number of amides is 1. The van der Waals surface area contributed by atoms with Crippen LogP contribution in [0.5, 0.6) is 5.75 Å². The van der Waals surface area contributed by atoms with Gasteiger partial charge in [-0.1, -0.05) is 0 Å². The molecule has 0 radical (unpaired) electrons. The van der Waals surface area contributed by atoms with Crippen LogP contribution in [0.15, 0.2) is 53.4 Å². The molecule has 0 saturated carbocycles. The summed E-state index contributed by atoms with van der Waals surface area (Å²) in [6.07, 6.45) is 0.0272. The van der Waals surface area contributed by atoms with Crippen molar-refractivity contribution in [3.63, 3.8) is 0 Å². The number of non-ortho nitro benzene ring substituents is 1. The van der Waals surface area contributed by atoms with E-state index < -0.39 is 21.0 Å². The van der Waals surface area contributed by atoms with Gasteiger partial charge in [-0.25, -0.2) is 13.1 Å². The molecule has 1 amide bonds. The molecule has 0 spiro atoms. The first kappa shape index (κ1) is 19.8. The molecule has 3 rings (SSSR count). The van der Waals surface area contributed by atoms with Gasteiger partial charge >= 0.3 is 0 Å². The third-order valence-electron chi connectivity index (χ3n) is 4.26. The quantitative estimate of drug-likeness (QED) is 0.556. The fourth-order valence-corrected chi connectivity index (χ4v) is 4.19. The molecule has 148 valence electrons. The Hall–Kier alpha value is -2.98. The number of hydrogen-bond acceptors (Lipinski definition) is 6. The number of ether oxygens (including phenoxy) is 1. The van der Waals surface area contributed by atoms with Gasteiger partial charge in [0.15, 0.2) is 0 Å². The van der Waals surface area contributed by atoms with Crippen molar-refractivity contribution in [2.45, 2.75) is 24.3 Å². The van der Waals surface area contributed by atoms with Gasteiger partial charge in [-0.15, -0.1) is 0 Å². The summed E-state index contributed by atoms with van der Waals surface area (Å²) in [5.41, 5.74) is 0.460. The molecule has 0 aromatic heterocycles. The van der Waals surface area contributed by atoms with Crippen molar-refractivity contribution in [1.29, 1.82) is 0 Å². The van der Waals surface area contributed by atoms with Crippen LogP contribution in [0, 0.1) is 10.1 Å². The summed E-state index contributed by atoms with van der Waals surface area (Å²) < 4.78 is 32.9. The van der Waals surface area contributed by atoms with E-state index in [9.17, 15) is 23.3 Å². The number of nitro benzene ring substituents is 1. The highest BCUT2D eigenvalue weighted by Crippen LogP contribution is 2.25. The zero-order valence-corrected chi connectivity index (χ0v) is 15.9. The number of anilines is 1. The lowest BCUT2D eigenvalue weighted by molar-refractivity contribution is -0.384. The maximum atomic E-state index is 12.5. The summed E-state index contributed by atoms with van der Waals surface area (Å²) in [5.74, 6) is 0.494. The number of nitrogens with zero attached hydrogens (tertiary/aromatic N) is 2. The number of carbonyl (C=O) groups excluding carboxylic acids is 1. The number of rotatable bonds is 7. The normalized spacial score (nSPS) is 17.0. The van der Waals surface area contributed by atoms with Crippen molar-refractivity contribution in [3.8, 4) is 5.75 Å². The number of carbonyl (C=O) groups is 1. The highest BCUT2D eigenvalue weighted by atomic mass is 32.2. The average Bonchev–Trinajstić information content (AvgIpc) is 3.02. The Labute approximate surface area is 162 Å². The monoisotopic (exact) mass is 405 g/mol. The topological polar surface area (TPSA) is 119 Å². The molecule has 1 heterocycles. The number of hydrogen-bond donors (Lipinski definition) is 1. The van der Waals surface area contributed by atoms with Gasteiger partial charge < -0.3 is 9.64 Å². The van der Waals surface area contributed by atoms with Crippen molar-refractivity contribution < 1.29 is 22.9 Å². The molecule has 1 N–H and O–H groups in total. The smallest absolute Gasteiger partial charge is 0.269 e. The maximum Gasteiger partial charge on any atom is 0.269 e. The summed E-state index contributed by atoms with van der Waals surface area (Å²) in [6.45, 7) is 2.60. The van der Waals surface area contributed by atoms with E-state index in [2.05, 4.69) is 4.72 Å². The van der Waals surface area contributed by atoms with Crippen LogP contribution in [0.2, 0.25) is 0 Å². The second kappa shape index (κ2) is 7.95. The lowest BCUT2D eigenvalue weighted by Crippen LogP contribution is -2.37. The van der Waals surface area contributed by atoms with Gasteiger partial charge in [0.05, 0.1) is 16.4 Å². The lowest BCUT2D eigenvalue weighted by Gasteiger charge is -2.18. The average molecular weight is 405 g/mol. The van der Waals surface area contributed by atoms with Crippen molar-refractivity contribution in [2.24, 2.45) is 0 Å². The van der Waals surface area contributed by atoms with Gasteiger partial charge in [0.2, 0.25) is 15.9 Å². The van der Waals surface area contributed by atoms with Gasteiger partial charge in [0.25, 0.3) is 5.69 Å². The molecule has 10 heteroatoms. The maximum absolute atomic E-state index is 12.5.